The van der Waals surface area contributed by atoms with E-state index >= 15 is 0 Å². The van der Waals surface area contributed by atoms with Gasteiger partial charge in [0.05, 0.1) is 0 Å². The van der Waals surface area contributed by atoms with Gasteiger partial charge in [-0.2, -0.15) is 0 Å². The highest BCUT2D eigenvalue weighted by Crippen LogP contribution is 2.06. The van der Waals surface area contributed by atoms with E-state index in [9.17, 15) is 19.6 Å². The molecule has 0 aliphatic heterocycles. The van der Waals surface area contributed by atoms with Gasteiger partial charge >= 0.3 is 11.2 Å². The van der Waals surface area contributed by atoms with E-state index in [1.807, 2.05) is 31.2 Å². The van der Waals surface area contributed by atoms with E-state index in [2.05, 4.69) is 15.6 Å². The predicted molar refractivity (Wildman–Crippen MR) is 85.0 cm³/mol. The van der Waals surface area contributed by atoms with Crippen LogP contribution in [0.1, 0.15) is 28.4 Å². The summed E-state index contributed by atoms with van der Waals surface area (Å²) in [5.74, 6) is -0.709. The molecule has 2 aromatic rings. The number of carbonyl (C=O) groups is 1. The monoisotopic (exact) mass is 318 g/mol. The van der Waals surface area contributed by atoms with Crippen LogP contribution < -0.4 is 21.9 Å². The number of nitrogens with zero attached hydrogens (tertiary/aromatic N) is 1. The van der Waals surface area contributed by atoms with Crippen LogP contribution in [0.3, 0.4) is 0 Å². The van der Waals surface area contributed by atoms with E-state index in [4.69, 9.17) is 0 Å². The molecule has 0 fully saturated rings. The Kier molecular flexibility index (Phi) is 4.85. The van der Waals surface area contributed by atoms with Gasteiger partial charge in [-0.25, -0.2) is 4.79 Å². The van der Waals surface area contributed by atoms with E-state index in [0.717, 1.165) is 11.1 Å². The van der Waals surface area contributed by atoms with Crippen molar-refractivity contribution in [2.45, 2.75) is 20.4 Å². The average Bonchev–Trinajstić information content (AvgIpc) is 2.52. The second-order valence-corrected chi connectivity index (χ2v) is 5.00. The third-order valence-corrected chi connectivity index (χ3v) is 3.23. The van der Waals surface area contributed by atoms with Gasteiger partial charge in [0.15, 0.2) is 0 Å². The summed E-state index contributed by atoms with van der Waals surface area (Å²) in [6.45, 7) is 4.31. The van der Waals surface area contributed by atoms with E-state index in [1.54, 1.807) is 6.92 Å². The molecule has 0 atom stereocenters. The molecule has 0 aliphatic rings. The first-order valence-electron chi connectivity index (χ1n) is 7.10. The van der Waals surface area contributed by atoms with Crippen molar-refractivity contribution in [1.29, 1.82) is 0 Å². The lowest BCUT2D eigenvalue weighted by atomic mass is 10.1. The highest BCUT2D eigenvalue weighted by molar-refractivity contribution is 5.98. The van der Waals surface area contributed by atoms with E-state index in [-0.39, 0.29) is 22.7 Å². The van der Waals surface area contributed by atoms with Gasteiger partial charge in [-0.15, -0.1) is 0 Å². The summed E-state index contributed by atoms with van der Waals surface area (Å²) in [6, 6.07) is 7.54. The second-order valence-electron chi connectivity index (χ2n) is 5.00. The summed E-state index contributed by atoms with van der Waals surface area (Å²) in [6.07, 6.45) is 0. The number of amides is 1. The molecular weight excluding hydrogens is 300 g/mol. The number of hydrogen-bond donors (Lipinski definition) is 4. The van der Waals surface area contributed by atoms with Crippen molar-refractivity contribution >= 4 is 11.7 Å². The number of aromatic nitrogens is 2. The molecule has 4 N–H and O–H groups in total. The Morgan fingerprint density at radius 1 is 1.26 bits per heavy atom. The van der Waals surface area contributed by atoms with E-state index in [0.29, 0.717) is 6.54 Å². The zero-order chi connectivity index (χ0) is 17.0. The number of nitrogens with one attached hydrogen (secondary N) is 3. The van der Waals surface area contributed by atoms with Crippen molar-refractivity contribution in [3.8, 4) is 0 Å². The molecule has 1 heterocycles. The Bertz CT molecular complexity index is 821. The van der Waals surface area contributed by atoms with Crippen LogP contribution in [0.5, 0.6) is 0 Å². The summed E-state index contributed by atoms with van der Waals surface area (Å²) >= 11 is 0. The molecule has 1 amide bonds. The van der Waals surface area contributed by atoms with Crippen molar-refractivity contribution in [3.63, 3.8) is 0 Å². The topological polar surface area (TPSA) is 116 Å². The molecular formula is C15H18N4O4. The maximum atomic E-state index is 12.3. The Labute approximate surface area is 131 Å². The molecule has 2 rings (SSSR count). The molecule has 122 valence electrons. The third kappa shape index (κ3) is 3.60. The third-order valence-electron chi connectivity index (χ3n) is 3.23. The fraction of sp³-hybridized carbons (Fsp3) is 0.267. The van der Waals surface area contributed by atoms with Gasteiger partial charge in [0.25, 0.3) is 5.91 Å². The maximum absolute atomic E-state index is 12.3. The molecule has 0 saturated carbocycles. The van der Waals surface area contributed by atoms with Crippen LogP contribution >= 0.6 is 0 Å². The Hall–Kier alpha value is -3.03. The summed E-state index contributed by atoms with van der Waals surface area (Å²) in [4.78, 5) is 37.9. The average molecular weight is 318 g/mol. The maximum Gasteiger partial charge on any atom is 0.363 e. The van der Waals surface area contributed by atoms with Crippen molar-refractivity contribution in [1.82, 2.24) is 15.0 Å². The van der Waals surface area contributed by atoms with Gasteiger partial charge in [-0.05, 0) is 19.4 Å². The second kappa shape index (κ2) is 6.82. The lowest BCUT2D eigenvalue weighted by molar-refractivity contribution is 0.0940. The summed E-state index contributed by atoms with van der Waals surface area (Å²) in [5, 5.41) is 14.7. The van der Waals surface area contributed by atoms with Gasteiger partial charge in [-0.1, -0.05) is 34.6 Å². The summed E-state index contributed by atoms with van der Waals surface area (Å²) < 4.78 is -0.123. The van der Waals surface area contributed by atoms with Crippen molar-refractivity contribution in [2.75, 3.05) is 11.9 Å². The molecule has 8 nitrogen and oxygen atoms in total. The number of rotatable bonds is 5. The fourth-order valence-corrected chi connectivity index (χ4v) is 2.02. The van der Waals surface area contributed by atoms with Crippen molar-refractivity contribution < 1.29 is 10.0 Å². The number of aryl methyl sites for hydroxylation is 1. The van der Waals surface area contributed by atoms with Crippen molar-refractivity contribution in [3.05, 3.63) is 61.8 Å². The highest BCUT2D eigenvalue weighted by atomic mass is 16.5. The molecule has 0 bridgehead atoms. The number of anilines is 1. The van der Waals surface area contributed by atoms with Crippen LogP contribution in [-0.2, 0) is 6.54 Å². The first-order valence-corrected chi connectivity index (χ1v) is 7.10. The minimum absolute atomic E-state index is 0.0193. The van der Waals surface area contributed by atoms with Crippen LogP contribution in [0.25, 0.3) is 0 Å². The lowest BCUT2D eigenvalue weighted by Gasteiger charge is -2.11. The van der Waals surface area contributed by atoms with Crippen LogP contribution in [0.15, 0.2) is 33.9 Å². The molecule has 0 radical (unpaired) electrons. The molecule has 0 aliphatic carbocycles. The van der Waals surface area contributed by atoms with Gasteiger partial charge < -0.3 is 15.8 Å². The SMILES string of the molecule is CCNc1[nH]c(=O)n(O)c(=O)c1C(=O)NCc1ccc(C)cc1. The molecule has 1 aromatic carbocycles. The van der Waals surface area contributed by atoms with Crippen molar-refractivity contribution in [2.24, 2.45) is 0 Å². The number of benzene rings is 1. The highest BCUT2D eigenvalue weighted by Gasteiger charge is 2.20. The molecule has 23 heavy (non-hydrogen) atoms. The van der Waals surface area contributed by atoms with Gasteiger partial charge in [-0.3, -0.25) is 14.6 Å². The normalized spacial score (nSPS) is 10.3. The Morgan fingerprint density at radius 3 is 2.52 bits per heavy atom. The number of carbonyl (C=O) groups excluding carboxylic acids is 1. The van der Waals surface area contributed by atoms with Crippen LogP contribution in [0, 0.1) is 6.92 Å². The Morgan fingerprint density at radius 2 is 1.91 bits per heavy atom. The minimum atomic E-state index is -1.08. The number of hydrogen-bond acceptors (Lipinski definition) is 5. The lowest BCUT2D eigenvalue weighted by Crippen LogP contribution is -2.41. The zero-order valence-electron chi connectivity index (χ0n) is 12.8. The van der Waals surface area contributed by atoms with Gasteiger partial charge in [0, 0.05) is 13.1 Å². The number of H-pyrrole nitrogens is 1. The van der Waals surface area contributed by atoms with E-state index < -0.39 is 17.2 Å². The van der Waals surface area contributed by atoms with Gasteiger partial charge in [0.1, 0.15) is 11.4 Å². The molecule has 1 aromatic heterocycles. The van der Waals surface area contributed by atoms with Crippen LogP contribution in [0.4, 0.5) is 5.82 Å². The minimum Gasteiger partial charge on any atom is -0.421 e. The van der Waals surface area contributed by atoms with Crippen LogP contribution in [0.2, 0.25) is 0 Å². The summed E-state index contributed by atoms with van der Waals surface area (Å²) in [5.41, 5.74) is -0.478. The smallest absolute Gasteiger partial charge is 0.363 e. The first kappa shape index (κ1) is 16.3. The van der Waals surface area contributed by atoms with Gasteiger partial charge in [0.2, 0.25) is 0 Å². The molecule has 0 saturated heterocycles. The number of aromatic amines is 1. The zero-order valence-corrected chi connectivity index (χ0v) is 12.8. The molecule has 0 unspecified atom stereocenters. The fourth-order valence-electron chi connectivity index (χ4n) is 2.02. The summed E-state index contributed by atoms with van der Waals surface area (Å²) in [7, 11) is 0. The first-order chi connectivity index (χ1) is 10.9. The molecule has 0 spiro atoms. The Balaban J connectivity index is 2.27. The predicted octanol–water partition coefficient (Wildman–Crippen LogP) is 0.444. The van der Waals surface area contributed by atoms with E-state index in [1.165, 1.54) is 0 Å². The quantitative estimate of drug-likeness (QED) is 0.597. The molecule has 8 heteroatoms. The standard InChI is InChI=1S/C15H18N4O4/c1-3-16-12-11(14(21)19(23)15(22)18-12)13(20)17-8-10-6-4-9(2)5-7-10/h4-7,16,23H,3,8H2,1-2H3,(H,17,20)(H,18,22). The van der Waals surface area contributed by atoms with Crippen LogP contribution in [-0.4, -0.2) is 27.4 Å². The largest absolute Gasteiger partial charge is 0.421 e.